The molecule has 3 rings (SSSR count). The van der Waals surface area contributed by atoms with Crippen molar-refractivity contribution < 1.29 is 46.5 Å². The van der Waals surface area contributed by atoms with Crippen LogP contribution in [0.25, 0.3) is 26.9 Å². The molecule has 0 unspecified atom stereocenters. The molecule has 0 bridgehead atoms. The first-order valence-electron chi connectivity index (χ1n) is 7.93. The van der Waals surface area contributed by atoms with Crippen LogP contribution in [0.1, 0.15) is 41.5 Å². The molecular formula is C21H27Cl2NTi. The molecule has 0 spiro atoms. The van der Waals surface area contributed by atoms with Crippen LogP contribution in [0.5, 0.6) is 0 Å². The molecule has 0 radical (unpaired) electrons. The van der Waals surface area contributed by atoms with Crippen LogP contribution in [0.3, 0.4) is 0 Å². The summed E-state index contributed by atoms with van der Waals surface area (Å²) in [5.74, 6) is 0. The number of halogens is 2. The second kappa shape index (κ2) is 10.6. The van der Waals surface area contributed by atoms with Gasteiger partial charge in [-0.25, -0.2) is 0 Å². The molecule has 4 heteroatoms. The van der Waals surface area contributed by atoms with Crippen LogP contribution in [0.2, 0.25) is 0 Å². The Labute approximate surface area is 180 Å². The Balaban J connectivity index is 0. The Bertz CT molecular complexity index is 689. The monoisotopic (exact) mass is 411 g/mol. The second-order valence-corrected chi connectivity index (χ2v) is 7.77. The minimum absolute atomic E-state index is 0. The van der Waals surface area contributed by atoms with Crippen molar-refractivity contribution in [1.29, 1.82) is 0 Å². The number of rotatable bonds is 0. The maximum absolute atomic E-state index is 4.54. The third-order valence-corrected chi connectivity index (χ3v) is 3.19. The van der Waals surface area contributed by atoms with Crippen molar-refractivity contribution >= 4 is 21.5 Å². The van der Waals surface area contributed by atoms with Gasteiger partial charge in [-0.2, -0.15) is 0 Å². The molecule has 0 aliphatic heterocycles. The van der Waals surface area contributed by atoms with Gasteiger partial charge in [0.25, 0.3) is 0 Å². The van der Waals surface area contributed by atoms with Gasteiger partial charge in [-0.1, -0.05) is 77.9 Å². The molecule has 0 aromatic heterocycles. The van der Waals surface area contributed by atoms with Crippen molar-refractivity contribution in [2.75, 3.05) is 0 Å². The minimum atomic E-state index is 0. The van der Waals surface area contributed by atoms with Crippen LogP contribution in [-0.2, 0) is 21.7 Å². The van der Waals surface area contributed by atoms with E-state index < -0.39 is 0 Å². The van der Waals surface area contributed by atoms with Crippen molar-refractivity contribution in [3.63, 3.8) is 0 Å². The fraction of sp³-hybridized carbons (Fsp3) is 0.381. The molecule has 0 heterocycles. The van der Waals surface area contributed by atoms with Crippen LogP contribution in [0, 0.1) is 0 Å². The fourth-order valence-corrected chi connectivity index (χ4v) is 2.91. The van der Waals surface area contributed by atoms with Crippen molar-refractivity contribution in [3.8, 4) is 0 Å². The maximum Gasteiger partial charge on any atom is 4.00 e. The van der Waals surface area contributed by atoms with Gasteiger partial charge in [0.05, 0.1) is 0 Å². The molecule has 0 aliphatic carbocycles. The van der Waals surface area contributed by atoms with Crippen LogP contribution in [-0.4, -0.2) is 11.1 Å². The molecule has 25 heavy (non-hydrogen) atoms. The van der Waals surface area contributed by atoms with E-state index in [1.165, 1.54) is 21.5 Å². The Hall–Kier alpha value is -0.436. The summed E-state index contributed by atoms with van der Waals surface area (Å²) >= 11 is 0. The predicted molar refractivity (Wildman–Crippen MR) is 99.9 cm³/mol. The molecule has 1 nitrogen and oxygen atoms in total. The first-order valence-corrected chi connectivity index (χ1v) is 7.93. The normalized spacial score (nSPS) is 10.8. The third-order valence-electron chi connectivity index (χ3n) is 3.19. The summed E-state index contributed by atoms with van der Waals surface area (Å²) in [7, 11) is 0. The standard InChI is InChI=1S/C13H9.C8H18N.2ClH.Ti/c1-3-7-12-10(5-1)9-11-6-2-4-8-13(11)12;1-7(2,3)9-8(4,5)6;;;/h1-9H;1-6H3;2*1H;/q2*-1;;;+4/p-2. The summed E-state index contributed by atoms with van der Waals surface area (Å²) in [6.07, 6.45) is 0. The van der Waals surface area contributed by atoms with E-state index in [0.717, 1.165) is 0 Å². The molecule has 0 saturated carbocycles. The summed E-state index contributed by atoms with van der Waals surface area (Å²) in [5.41, 5.74) is 0.219. The smallest absolute Gasteiger partial charge is 1.00 e. The summed E-state index contributed by atoms with van der Waals surface area (Å²) in [5, 5.41) is 9.93. The molecular weight excluding hydrogens is 385 g/mol. The molecule has 0 amide bonds. The molecule has 134 valence electrons. The van der Waals surface area contributed by atoms with Gasteiger partial charge in [0.2, 0.25) is 0 Å². The van der Waals surface area contributed by atoms with Gasteiger partial charge >= 0.3 is 21.7 Å². The molecule has 0 atom stereocenters. The summed E-state index contributed by atoms with van der Waals surface area (Å²) < 4.78 is 0. The number of benzene rings is 2. The number of hydrogen-bond donors (Lipinski definition) is 0. The largest absolute Gasteiger partial charge is 4.00 e. The Morgan fingerprint density at radius 1 is 0.640 bits per heavy atom. The van der Waals surface area contributed by atoms with E-state index in [-0.39, 0.29) is 57.6 Å². The molecule has 3 aromatic carbocycles. The second-order valence-electron chi connectivity index (χ2n) is 7.77. The number of fused-ring (bicyclic) bond motifs is 3. The Morgan fingerprint density at radius 3 is 1.24 bits per heavy atom. The van der Waals surface area contributed by atoms with E-state index >= 15 is 0 Å². The molecule has 0 saturated heterocycles. The quantitative estimate of drug-likeness (QED) is 0.381. The van der Waals surface area contributed by atoms with E-state index in [1.807, 2.05) is 0 Å². The van der Waals surface area contributed by atoms with Gasteiger partial charge in [0.1, 0.15) is 0 Å². The van der Waals surface area contributed by atoms with Crippen molar-refractivity contribution in [3.05, 3.63) is 59.9 Å². The van der Waals surface area contributed by atoms with Crippen LogP contribution < -0.4 is 24.8 Å². The third kappa shape index (κ3) is 8.66. The van der Waals surface area contributed by atoms with Crippen molar-refractivity contribution in [2.24, 2.45) is 0 Å². The van der Waals surface area contributed by atoms with E-state index in [4.69, 9.17) is 0 Å². The van der Waals surface area contributed by atoms with Gasteiger partial charge in [-0.3, -0.25) is 0 Å². The average molecular weight is 412 g/mol. The molecule has 0 fully saturated rings. The van der Waals surface area contributed by atoms with Gasteiger partial charge in [-0.15, -0.1) is 50.8 Å². The van der Waals surface area contributed by atoms with E-state index in [1.54, 1.807) is 0 Å². The Kier molecular flexibility index (Phi) is 11.4. The Morgan fingerprint density at radius 2 is 0.960 bits per heavy atom. The van der Waals surface area contributed by atoms with Crippen LogP contribution in [0.4, 0.5) is 0 Å². The summed E-state index contributed by atoms with van der Waals surface area (Å²) in [4.78, 5) is 0. The zero-order chi connectivity index (χ0) is 16.4. The average Bonchev–Trinajstić information content (AvgIpc) is 2.73. The van der Waals surface area contributed by atoms with Crippen LogP contribution in [0.15, 0.2) is 54.6 Å². The van der Waals surface area contributed by atoms with E-state index in [2.05, 4.69) is 101 Å². The van der Waals surface area contributed by atoms with Gasteiger partial charge in [0.15, 0.2) is 0 Å². The van der Waals surface area contributed by atoms with Gasteiger partial charge in [-0.05, 0) is 0 Å². The number of hydrogen-bond acceptors (Lipinski definition) is 0. The summed E-state index contributed by atoms with van der Waals surface area (Å²) in [6, 6.07) is 19.3. The zero-order valence-corrected chi connectivity index (χ0v) is 19.0. The topological polar surface area (TPSA) is 14.1 Å². The van der Waals surface area contributed by atoms with Crippen LogP contribution >= 0.6 is 0 Å². The molecule has 3 aromatic rings. The first-order chi connectivity index (χ1) is 10.2. The number of nitrogens with zero attached hydrogens (tertiary/aromatic N) is 1. The molecule has 0 aliphatic rings. The molecule has 0 N–H and O–H groups in total. The zero-order valence-electron chi connectivity index (χ0n) is 15.9. The van der Waals surface area contributed by atoms with Gasteiger partial charge in [0, 0.05) is 0 Å². The van der Waals surface area contributed by atoms with E-state index in [0.29, 0.717) is 0 Å². The summed E-state index contributed by atoms with van der Waals surface area (Å²) in [6.45, 7) is 12.7. The van der Waals surface area contributed by atoms with Crippen molar-refractivity contribution in [1.82, 2.24) is 0 Å². The SMILES string of the molecule is CC(C)(C)[N-]C(C)(C)C.[Cl-].[Cl-].[Ti+4].c1ccc2c(c1)[cH-]c1ccccc12. The maximum atomic E-state index is 4.54. The fourth-order valence-electron chi connectivity index (χ4n) is 2.91. The van der Waals surface area contributed by atoms with Gasteiger partial charge < -0.3 is 30.1 Å². The first kappa shape index (κ1) is 26.8. The van der Waals surface area contributed by atoms with E-state index in [9.17, 15) is 0 Å². The van der Waals surface area contributed by atoms with Crippen molar-refractivity contribution in [2.45, 2.75) is 52.6 Å². The minimum Gasteiger partial charge on any atom is -1.00 e. The predicted octanol–water partition coefficient (Wildman–Crippen LogP) is 0.675.